The van der Waals surface area contributed by atoms with E-state index in [0.717, 1.165) is 22.2 Å². The summed E-state index contributed by atoms with van der Waals surface area (Å²) < 4.78 is 5.39. The predicted molar refractivity (Wildman–Crippen MR) is 101 cm³/mol. The number of thioether (sulfide) groups is 1. The van der Waals surface area contributed by atoms with Crippen LogP contribution in [0.4, 0.5) is 10.5 Å². The number of benzene rings is 1. The fourth-order valence-corrected chi connectivity index (χ4v) is 3.35. The number of nitrogens with zero attached hydrogens (tertiary/aromatic N) is 1. The van der Waals surface area contributed by atoms with E-state index in [0.29, 0.717) is 22.2 Å². The fourth-order valence-electron chi connectivity index (χ4n) is 2.36. The first-order valence-electron chi connectivity index (χ1n) is 7.71. The lowest BCUT2D eigenvalue weighted by Gasteiger charge is -2.13. The number of hydrogen-bond acceptors (Lipinski definition) is 5. The van der Waals surface area contributed by atoms with Crippen molar-refractivity contribution in [3.8, 4) is 0 Å². The van der Waals surface area contributed by atoms with Gasteiger partial charge < -0.3 is 9.73 Å². The maximum atomic E-state index is 12.4. The highest BCUT2D eigenvalue weighted by Crippen LogP contribution is 2.32. The molecule has 8 heteroatoms. The number of rotatable bonds is 4. The first kappa shape index (κ1) is 18.3. The number of furan rings is 1. The van der Waals surface area contributed by atoms with Crippen LogP contribution in [0.25, 0.3) is 6.08 Å². The average molecular weight is 391 g/mol. The summed E-state index contributed by atoms with van der Waals surface area (Å²) >= 11 is 6.70. The summed E-state index contributed by atoms with van der Waals surface area (Å²) in [5.74, 6) is 0.179. The summed E-state index contributed by atoms with van der Waals surface area (Å²) in [5, 5.41) is 2.65. The van der Waals surface area contributed by atoms with E-state index in [1.165, 1.54) is 6.08 Å². The lowest BCUT2D eigenvalue weighted by atomic mass is 10.2. The molecular formula is C18H15ClN2O4S. The second-order valence-electron chi connectivity index (χ2n) is 5.72. The van der Waals surface area contributed by atoms with E-state index < -0.39 is 17.1 Å². The molecule has 1 fully saturated rings. The molecule has 0 saturated carbocycles. The number of amides is 3. The Morgan fingerprint density at radius 3 is 2.73 bits per heavy atom. The van der Waals surface area contributed by atoms with Gasteiger partial charge in [-0.15, -0.1) is 0 Å². The Morgan fingerprint density at radius 1 is 1.27 bits per heavy atom. The number of halogens is 1. The van der Waals surface area contributed by atoms with E-state index >= 15 is 0 Å². The van der Waals surface area contributed by atoms with Gasteiger partial charge in [0.1, 0.15) is 18.1 Å². The van der Waals surface area contributed by atoms with Crippen molar-refractivity contribution in [2.45, 2.75) is 13.8 Å². The van der Waals surface area contributed by atoms with E-state index in [9.17, 15) is 14.4 Å². The molecule has 1 aliphatic rings. The summed E-state index contributed by atoms with van der Waals surface area (Å²) in [4.78, 5) is 37.9. The lowest BCUT2D eigenvalue weighted by molar-refractivity contribution is -0.127. The molecule has 3 rings (SSSR count). The maximum absolute atomic E-state index is 12.4. The van der Waals surface area contributed by atoms with Crippen molar-refractivity contribution < 1.29 is 18.8 Å². The molecule has 1 aromatic heterocycles. The molecule has 0 aliphatic carbocycles. The molecule has 1 N–H and O–H groups in total. The van der Waals surface area contributed by atoms with Crippen LogP contribution >= 0.6 is 23.4 Å². The van der Waals surface area contributed by atoms with Crippen molar-refractivity contribution in [2.75, 3.05) is 11.9 Å². The Balaban J connectivity index is 1.70. The van der Waals surface area contributed by atoms with Gasteiger partial charge in [-0.2, -0.15) is 0 Å². The molecule has 1 saturated heterocycles. The summed E-state index contributed by atoms with van der Waals surface area (Å²) in [7, 11) is 0. The Kier molecular flexibility index (Phi) is 5.20. The first-order valence-corrected chi connectivity index (χ1v) is 8.91. The normalized spacial score (nSPS) is 15.8. The first-order chi connectivity index (χ1) is 12.3. The van der Waals surface area contributed by atoms with Gasteiger partial charge in [-0.1, -0.05) is 17.7 Å². The summed E-state index contributed by atoms with van der Waals surface area (Å²) in [5.41, 5.74) is 1.36. The molecule has 0 unspecified atom stereocenters. The van der Waals surface area contributed by atoms with Crippen LogP contribution in [0, 0.1) is 13.8 Å². The highest BCUT2D eigenvalue weighted by Gasteiger charge is 2.36. The van der Waals surface area contributed by atoms with Crippen molar-refractivity contribution >= 4 is 52.2 Å². The minimum atomic E-state index is -0.521. The van der Waals surface area contributed by atoms with Gasteiger partial charge in [0.2, 0.25) is 5.91 Å². The predicted octanol–water partition coefficient (Wildman–Crippen LogP) is 4.22. The molecule has 0 spiro atoms. The van der Waals surface area contributed by atoms with E-state index in [4.69, 9.17) is 16.0 Å². The molecule has 0 bridgehead atoms. The standard InChI is InChI=1S/C18H15ClN2O4S/c1-10-3-5-12(19)7-14(10)20-16(22)9-21-17(23)15(26-18(21)24)8-13-6-4-11(2)25-13/h3-8H,9H2,1-2H3,(H,20,22)/b15-8+. The third-order valence-electron chi connectivity index (χ3n) is 3.68. The Bertz CT molecular complexity index is 935. The molecule has 134 valence electrons. The van der Waals surface area contributed by atoms with Gasteiger partial charge in [-0.05, 0) is 55.4 Å². The third kappa shape index (κ3) is 4.00. The van der Waals surface area contributed by atoms with E-state index in [-0.39, 0.29) is 11.4 Å². The number of carbonyl (C=O) groups excluding carboxylic acids is 3. The average Bonchev–Trinajstić information content (AvgIpc) is 3.09. The second-order valence-corrected chi connectivity index (χ2v) is 7.15. The fraction of sp³-hybridized carbons (Fsp3) is 0.167. The smallest absolute Gasteiger partial charge is 0.294 e. The second kappa shape index (κ2) is 7.39. The van der Waals surface area contributed by atoms with Crippen LogP contribution in [0.3, 0.4) is 0 Å². The van der Waals surface area contributed by atoms with Crippen molar-refractivity contribution in [1.82, 2.24) is 4.90 Å². The van der Waals surface area contributed by atoms with Gasteiger partial charge in [0.15, 0.2) is 0 Å². The zero-order valence-corrected chi connectivity index (χ0v) is 15.6. The van der Waals surface area contributed by atoms with Crippen LogP contribution in [0.15, 0.2) is 39.7 Å². The van der Waals surface area contributed by atoms with Gasteiger partial charge >= 0.3 is 0 Å². The Hall–Kier alpha value is -2.51. The third-order valence-corrected chi connectivity index (χ3v) is 4.83. The van der Waals surface area contributed by atoms with E-state index in [1.807, 2.05) is 6.92 Å². The zero-order valence-electron chi connectivity index (χ0n) is 14.0. The van der Waals surface area contributed by atoms with Crippen molar-refractivity contribution in [2.24, 2.45) is 0 Å². The van der Waals surface area contributed by atoms with Gasteiger partial charge in [-0.3, -0.25) is 19.3 Å². The molecule has 3 amide bonds. The molecule has 1 aromatic carbocycles. The molecular weight excluding hydrogens is 376 g/mol. The molecule has 0 radical (unpaired) electrons. The number of anilines is 1. The van der Waals surface area contributed by atoms with Gasteiger partial charge in [-0.25, -0.2) is 0 Å². The molecule has 1 aliphatic heterocycles. The molecule has 2 aromatic rings. The highest BCUT2D eigenvalue weighted by atomic mass is 35.5. The zero-order chi connectivity index (χ0) is 18.8. The van der Waals surface area contributed by atoms with Gasteiger partial charge in [0.25, 0.3) is 11.1 Å². The van der Waals surface area contributed by atoms with E-state index in [1.54, 1.807) is 37.3 Å². The number of carbonyl (C=O) groups is 3. The van der Waals surface area contributed by atoms with Crippen molar-refractivity contribution in [1.29, 1.82) is 0 Å². The number of nitrogens with one attached hydrogen (secondary N) is 1. The monoisotopic (exact) mass is 390 g/mol. The minimum absolute atomic E-state index is 0.219. The summed E-state index contributed by atoms with van der Waals surface area (Å²) in [6, 6.07) is 8.56. The van der Waals surface area contributed by atoms with Crippen molar-refractivity contribution in [3.63, 3.8) is 0 Å². The SMILES string of the molecule is Cc1ccc(/C=C2/SC(=O)N(CC(=O)Nc3cc(Cl)ccc3C)C2=O)o1. The number of aryl methyl sites for hydroxylation is 2. The summed E-state index contributed by atoms with van der Waals surface area (Å²) in [6.45, 7) is 3.23. The van der Waals surface area contributed by atoms with Crippen molar-refractivity contribution in [3.05, 3.63) is 57.3 Å². The minimum Gasteiger partial charge on any atom is -0.462 e. The quantitative estimate of drug-likeness (QED) is 0.790. The molecule has 26 heavy (non-hydrogen) atoms. The summed E-state index contributed by atoms with van der Waals surface area (Å²) in [6.07, 6.45) is 1.50. The van der Waals surface area contributed by atoms with Crippen LogP contribution in [0.2, 0.25) is 5.02 Å². The highest BCUT2D eigenvalue weighted by molar-refractivity contribution is 8.18. The van der Waals surface area contributed by atoms with Crippen LogP contribution < -0.4 is 5.32 Å². The van der Waals surface area contributed by atoms with Crippen LogP contribution in [0.1, 0.15) is 17.1 Å². The van der Waals surface area contributed by atoms with Crippen LogP contribution in [0.5, 0.6) is 0 Å². The Morgan fingerprint density at radius 2 is 2.04 bits per heavy atom. The van der Waals surface area contributed by atoms with Crippen LogP contribution in [-0.4, -0.2) is 28.5 Å². The topological polar surface area (TPSA) is 79.6 Å². The molecule has 2 heterocycles. The number of imide groups is 1. The largest absolute Gasteiger partial charge is 0.462 e. The van der Waals surface area contributed by atoms with Gasteiger partial charge in [0.05, 0.1) is 4.91 Å². The lowest BCUT2D eigenvalue weighted by Crippen LogP contribution is -2.36. The molecule has 0 atom stereocenters. The van der Waals surface area contributed by atoms with Crippen LogP contribution in [-0.2, 0) is 9.59 Å². The van der Waals surface area contributed by atoms with Gasteiger partial charge in [0, 0.05) is 16.8 Å². The molecule has 6 nitrogen and oxygen atoms in total. The van der Waals surface area contributed by atoms with E-state index in [2.05, 4.69) is 5.32 Å². The number of hydrogen-bond donors (Lipinski definition) is 1. The maximum Gasteiger partial charge on any atom is 0.294 e. The Labute approximate surface area is 159 Å².